The molecule has 9 rings (SSSR count). The number of anilines is 1. The Hall–Kier alpha value is -7.43. The first-order valence-electron chi connectivity index (χ1n) is 21.9. The van der Waals surface area contributed by atoms with E-state index in [2.05, 4.69) is 20.6 Å². The summed E-state index contributed by atoms with van der Waals surface area (Å²) in [6.07, 6.45) is 1.47. The number of hydrogen-bond acceptors (Lipinski definition) is 9. The minimum Gasteiger partial charge on any atom is -0.453 e. The second-order valence-corrected chi connectivity index (χ2v) is 17.3. The predicted molar refractivity (Wildman–Crippen MR) is 241 cm³/mol. The summed E-state index contributed by atoms with van der Waals surface area (Å²) in [5.74, 6) is 0.759. The number of rotatable bonds is 11. The van der Waals surface area contributed by atoms with Crippen LogP contribution in [-0.2, 0) is 36.7 Å². The molecule has 3 aliphatic heterocycles. The van der Waals surface area contributed by atoms with Crippen LogP contribution in [-0.4, -0.2) is 105 Å². The van der Waals surface area contributed by atoms with Gasteiger partial charge in [0.1, 0.15) is 23.7 Å². The molecule has 2 aromatic heterocycles. The zero-order valence-electron chi connectivity index (χ0n) is 36.8. The number of methoxy groups -OCH3 is 2. The molecule has 0 aliphatic carbocycles. The van der Waals surface area contributed by atoms with Crippen LogP contribution < -0.4 is 15.5 Å². The van der Waals surface area contributed by atoms with E-state index in [1.165, 1.54) is 14.2 Å². The van der Waals surface area contributed by atoms with Crippen LogP contribution in [0.25, 0.3) is 22.1 Å². The van der Waals surface area contributed by atoms with E-state index in [-0.39, 0.29) is 17.8 Å². The molecule has 4 N–H and O–H groups in total. The summed E-state index contributed by atoms with van der Waals surface area (Å²) in [5, 5.41) is 5.45. The van der Waals surface area contributed by atoms with E-state index in [4.69, 9.17) is 19.4 Å². The van der Waals surface area contributed by atoms with Gasteiger partial charge in [-0.1, -0.05) is 66.7 Å². The van der Waals surface area contributed by atoms with Gasteiger partial charge >= 0.3 is 18.2 Å². The number of fused-ring (bicyclic) bond motifs is 2. The summed E-state index contributed by atoms with van der Waals surface area (Å²) in [5.41, 5.74) is 4.39. The number of nitrogens with one attached hydrogen (secondary N) is 4. The van der Waals surface area contributed by atoms with Crippen LogP contribution in [0.2, 0.25) is 0 Å². The normalized spacial score (nSPS) is 20.6. The number of imidazole rings is 2. The lowest BCUT2D eigenvalue weighted by Crippen LogP contribution is -2.49. The number of amides is 6. The monoisotopic (exact) mass is 880 g/mol. The molecule has 336 valence electrons. The van der Waals surface area contributed by atoms with Gasteiger partial charge in [0.15, 0.2) is 0 Å². The molecule has 3 fully saturated rings. The van der Waals surface area contributed by atoms with Crippen molar-refractivity contribution in [1.82, 2.24) is 45.3 Å². The van der Waals surface area contributed by atoms with Crippen molar-refractivity contribution in [2.24, 2.45) is 0 Å². The molecule has 3 aliphatic rings. The molecule has 0 radical (unpaired) electrons. The Balaban J connectivity index is 0.897. The van der Waals surface area contributed by atoms with Crippen molar-refractivity contribution in [3.63, 3.8) is 0 Å². The van der Waals surface area contributed by atoms with Crippen LogP contribution in [0.4, 0.5) is 20.1 Å². The number of nitrogens with zero attached hydrogens (tertiary/aromatic N) is 6. The highest BCUT2D eigenvalue weighted by Gasteiger charge is 2.47. The van der Waals surface area contributed by atoms with E-state index < -0.39 is 35.3 Å². The van der Waals surface area contributed by atoms with E-state index in [1.807, 2.05) is 91.5 Å². The van der Waals surface area contributed by atoms with Crippen molar-refractivity contribution in [3.05, 3.63) is 125 Å². The largest absolute Gasteiger partial charge is 0.453 e. The molecule has 5 heterocycles. The van der Waals surface area contributed by atoms with E-state index in [0.29, 0.717) is 73.9 Å². The van der Waals surface area contributed by atoms with Gasteiger partial charge in [-0.2, -0.15) is 0 Å². The second kappa shape index (κ2) is 17.3. The molecular weight excluding hydrogens is 829 g/mol. The van der Waals surface area contributed by atoms with E-state index in [0.717, 1.165) is 40.6 Å². The maximum atomic E-state index is 14.2. The fraction of sp³-hybridized carbons (Fsp3) is 0.354. The number of alkyl carbamates (subject to hydrolysis) is 2. The van der Waals surface area contributed by atoms with Crippen LogP contribution >= 0.6 is 0 Å². The highest BCUT2D eigenvalue weighted by molar-refractivity contribution is 5.96. The van der Waals surface area contributed by atoms with Gasteiger partial charge < -0.3 is 44.8 Å². The maximum absolute atomic E-state index is 14.2. The summed E-state index contributed by atoms with van der Waals surface area (Å²) >= 11 is 0. The molecule has 6 amide bonds. The molecule has 0 bridgehead atoms. The minimum absolute atomic E-state index is 0.125. The lowest BCUT2D eigenvalue weighted by atomic mass is 9.96. The van der Waals surface area contributed by atoms with Crippen LogP contribution in [0.5, 0.6) is 0 Å². The lowest BCUT2D eigenvalue weighted by Gasteiger charge is -2.36. The average Bonchev–Trinajstić information content (AvgIpc) is 4.18. The Bertz CT molecular complexity index is 2780. The summed E-state index contributed by atoms with van der Waals surface area (Å²) in [6.45, 7) is 6.36. The van der Waals surface area contributed by atoms with Crippen LogP contribution in [0, 0.1) is 0 Å². The van der Waals surface area contributed by atoms with E-state index in [9.17, 15) is 24.0 Å². The van der Waals surface area contributed by atoms with Crippen molar-refractivity contribution >= 4 is 57.8 Å². The molecule has 0 spiro atoms. The lowest BCUT2D eigenvalue weighted by molar-refractivity contribution is -0.138. The van der Waals surface area contributed by atoms with Gasteiger partial charge in [-0.15, -0.1) is 0 Å². The summed E-state index contributed by atoms with van der Waals surface area (Å²) in [4.78, 5) is 91.2. The topological polar surface area (TPSA) is 198 Å². The van der Waals surface area contributed by atoms with Gasteiger partial charge in [0.25, 0.3) is 11.8 Å². The zero-order valence-corrected chi connectivity index (χ0v) is 36.8. The molecule has 4 atom stereocenters. The zero-order chi connectivity index (χ0) is 45.5. The van der Waals surface area contributed by atoms with Gasteiger partial charge in [0.05, 0.1) is 47.4 Å². The Morgan fingerprint density at radius 1 is 0.662 bits per heavy atom. The standard InChI is InChI=1S/C48H52N10O7/c1-47(21-11-23-57(47)40(59)38(53-44(61)64-3)31-13-7-5-8-14-31)42-49-34-19-17-30(27-36(34)51-42)29-55-25-26-56(46(55)63)33-18-20-35-37(28-33)52-43(50-35)48(2)22-12-24-58(48)41(60)39(54-45(62)65-4)32-15-9-6-10-16-32/h5-10,13-20,27-28,38-39H,11-12,21-26,29H2,1-4H3,(H,49,51)(H,50,52)(H,53,61)(H,54,62)/t38-,39-,47-,48-/m1/s1. The third kappa shape index (κ3) is 7.95. The molecule has 6 aromatic rings. The van der Waals surface area contributed by atoms with Crippen molar-refractivity contribution in [1.29, 1.82) is 0 Å². The molecule has 17 heteroatoms. The van der Waals surface area contributed by atoms with E-state index >= 15 is 0 Å². The fourth-order valence-electron chi connectivity index (χ4n) is 9.68. The number of carbonyl (C=O) groups is 5. The van der Waals surface area contributed by atoms with Gasteiger partial charge in [0.2, 0.25) is 0 Å². The molecule has 0 unspecified atom stereocenters. The number of aromatic amines is 2. The van der Waals surface area contributed by atoms with Crippen LogP contribution in [0.3, 0.4) is 0 Å². The number of carbonyl (C=O) groups excluding carboxylic acids is 5. The second-order valence-electron chi connectivity index (χ2n) is 17.3. The Morgan fingerprint density at radius 2 is 1.15 bits per heavy atom. The Morgan fingerprint density at radius 3 is 1.66 bits per heavy atom. The molecule has 4 aromatic carbocycles. The fourth-order valence-corrected chi connectivity index (χ4v) is 9.68. The molecule has 0 saturated carbocycles. The number of hydrogen-bond donors (Lipinski definition) is 4. The minimum atomic E-state index is -0.943. The van der Waals surface area contributed by atoms with Crippen molar-refractivity contribution in [2.75, 3.05) is 45.3 Å². The maximum Gasteiger partial charge on any atom is 0.407 e. The summed E-state index contributed by atoms with van der Waals surface area (Å²) in [6, 6.07) is 27.8. The third-order valence-corrected chi connectivity index (χ3v) is 13.3. The van der Waals surface area contributed by atoms with Gasteiger partial charge in [0, 0.05) is 38.4 Å². The first-order valence-corrected chi connectivity index (χ1v) is 21.9. The van der Waals surface area contributed by atoms with Gasteiger partial charge in [-0.3, -0.25) is 14.5 Å². The highest BCUT2D eigenvalue weighted by Crippen LogP contribution is 2.41. The van der Waals surface area contributed by atoms with Crippen LogP contribution in [0.15, 0.2) is 97.1 Å². The number of aromatic nitrogens is 4. The molecule has 17 nitrogen and oxygen atoms in total. The number of H-pyrrole nitrogens is 2. The van der Waals surface area contributed by atoms with Gasteiger partial charge in [-0.25, -0.2) is 24.4 Å². The Labute approximate surface area is 375 Å². The summed E-state index contributed by atoms with van der Waals surface area (Å²) < 4.78 is 9.73. The van der Waals surface area contributed by atoms with Crippen LogP contribution in [0.1, 0.15) is 80.0 Å². The number of urea groups is 1. The van der Waals surface area contributed by atoms with Crippen molar-refractivity contribution < 1.29 is 33.4 Å². The smallest absolute Gasteiger partial charge is 0.407 e. The van der Waals surface area contributed by atoms with Crippen molar-refractivity contribution in [3.8, 4) is 0 Å². The quantitative estimate of drug-likeness (QED) is 0.109. The number of ether oxygens (including phenoxy) is 2. The molecular formula is C48H52N10O7. The first kappa shape index (κ1) is 42.9. The SMILES string of the molecule is COC(=O)N[C@@H](C(=O)N1CCC[C@]1(C)c1nc2ccc(CN3CCN(c4ccc5nc([C@@]6(C)CCCN6C(=O)[C@H](NC(=O)OC)c6ccccc6)[nH]c5c4)C3=O)cc2[nH]1)c1ccccc1. The molecule has 3 saturated heterocycles. The first-order chi connectivity index (χ1) is 31.4. The third-order valence-electron chi connectivity index (χ3n) is 13.3. The highest BCUT2D eigenvalue weighted by atomic mass is 16.5. The molecule has 65 heavy (non-hydrogen) atoms. The Kier molecular flexibility index (Phi) is 11.4. The number of likely N-dealkylation sites (tertiary alicyclic amines) is 2. The van der Waals surface area contributed by atoms with Crippen molar-refractivity contribution in [2.45, 2.75) is 69.2 Å². The van der Waals surface area contributed by atoms with Gasteiger partial charge in [-0.05, 0) is 86.6 Å². The van der Waals surface area contributed by atoms with E-state index in [1.54, 1.807) is 39.0 Å². The summed E-state index contributed by atoms with van der Waals surface area (Å²) in [7, 11) is 2.54. The predicted octanol–water partition coefficient (Wildman–Crippen LogP) is 6.75. The number of benzene rings is 4. The average molecular weight is 881 g/mol.